The Balaban J connectivity index is 1.60. The first-order valence-corrected chi connectivity index (χ1v) is 10.3. The second kappa shape index (κ2) is 9.96. The highest BCUT2D eigenvalue weighted by Gasteiger charge is 2.23. The number of hydrogen-bond acceptors (Lipinski definition) is 3. The van der Waals surface area contributed by atoms with Gasteiger partial charge in [-0.2, -0.15) is 0 Å². The minimum atomic E-state index is -0.0694. The maximum absolute atomic E-state index is 11.3. The first-order valence-electron chi connectivity index (χ1n) is 10.3. The summed E-state index contributed by atoms with van der Waals surface area (Å²) in [5, 5.41) is 9.73. The van der Waals surface area contributed by atoms with Crippen molar-refractivity contribution in [3.63, 3.8) is 0 Å². The lowest BCUT2D eigenvalue weighted by Gasteiger charge is -2.20. The van der Waals surface area contributed by atoms with E-state index >= 15 is 0 Å². The number of nitrogens with zero attached hydrogens (tertiary/aromatic N) is 2. The third kappa shape index (κ3) is 6.24. The van der Waals surface area contributed by atoms with E-state index < -0.39 is 0 Å². The smallest absolute Gasteiger partial charge is 0.221 e. The molecule has 154 valence electrons. The van der Waals surface area contributed by atoms with Crippen molar-refractivity contribution in [2.45, 2.75) is 39.8 Å². The number of carbonyl (C=O) groups is 1. The average molecular weight is 394 g/mol. The molecule has 3 rings (SSSR count). The van der Waals surface area contributed by atoms with Crippen molar-refractivity contribution in [2.75, 3.05) is 29.9 Å². The first kappa shape index (κ1) is 20.7. The Morgan fingerprint density at radius 3 is 2.72 bits per heavy atom. The van der Waals surface area contributed by atoms with Gasteiger partial charge in [-0.25, -0.2) is 4.99 Å². The fourth-order valence-corrected chi connectivity index (χ4v) is 3.50. The highest BCUT2D eigenvalue weighted by molar-refractivity contribution is 5.88. The molecule has 0 bridgehead atoms. The predicted octanol–water partition coefficient (Wildman–Crippen LogP) is 3.29. The van der Waals surface area contributed by atoms with E-state index in [1.165, 1.54) is 18.2 Å². The minimum Gasteiger partial charge on any atom is -0.369 e. The quantitative estimate of drug-likeness (QED) is 0.520. The van der Waals surface area contributed by atoms with Crippen molar-refractivity contribution in [1.29, 1.82) is 0 Å². The van der Waals surface area contributed by atoms with Gasteiger partial charge in [0.05, 0.1) is 6.54 Å². The maximum Gasteiger partial charge on any atom is 0.221 e. The van der Waals surface area contributed by atoms with E-state index in [4.69, 9.17) is 4.99 Å². The Hall–Kier alpha value is -3.02. The van der Waals surface area contributed by atoms with Crippen molar-refractivity contribution < 1.29 is 4.79 Å². The molecule has 1 atom stereocenters. The molecule has 2 aromatic rings. The van der Waals surface area contributed by atoms with Gasteiger partial charge in [-0.05, 0) is 50.1 Å². The molecular formula is C23H31N5O. The molecule has 0 radical (unpaired) electrons. The number of nitrogens with one attached hydrogen (secondary N) is 3. The topological polar surface area (TPSA) is 68.8 Å². The van der Waals surface area contributed by atoms with Crippen LogP contribution in [-0.2, 0) is 11.3 Å². The van der Waals surface area contributed by atoms with Crippen molar-refractivity contribution in [1.82, 2.24) is 10.6 Å². The zero-order valence-corrected chi connectivity index (χ0v) is 17.5. The van der Waals surface area contributed by atoms with Gasteiger partial charge in [-0.15, -0.1) is 0 Å². The van der Waals surface area contributed by atoms with Crippen LogP contribution in [0, 0.1) is 6.92 Å². The Labute approximate surface area is 173 Å². The number of anilines is 2. The van der Waals surface area contributed by atoms with Gasteiger partial charge in [0.1, 0.15) is 0 Å². The normalized spacial score (nSPS) is 16.6. The lowest BCUT2D eigenvalue weighted by atomic mass is 10.2. The average Bonchev–Trinajstić information content (AvgIpc) is 3.15. The van der Waals surface area contributed by atoms with Gasteiger partial charge < -0.3 is 20.9 Å². The van der Waals surface area contributed by atoms with Gasteiger partial charge in [0.25, 0.3) is 0 Å². The number of amides is 1. The molecule has 0 spiro atoms. The van der Waals surface area contributed by atoms with Gasteiger partial charge in [-0.1, -0.05) is 29.8 Å². The number of aryl methyl sites for hydroxylation is 1. The predicted molar refractivity (Wildman–Crippen MR) is 120 cm³/mol. The Morgan fingerprint density at radius 1 is 1.21 bits per heavy atom. The van der Waals surface area contributed by atoms with Crippen LogP contribution in [0.1, 0.15) is 31.4 Å². The molecule has 1 heterocycles. The highest BCUT2D eigenvalue weighted by atomic mass is 16.1. The van der Waals surface area contributed by atoms with Gasteiger partial charge >= 0.3 is 0 Å². The molecular weight excluding hydrogens is 362 g/mol. The van der Waals surface area contributed by atoms with Crippen LogP contribution < -0.4 is 20.9 Å². The molecule has 1 saturated heterocycles. The summed E-state index contributed by atoms with van der Waals surface area (Å²) in [5.74, 6) is 0.758. The van der Waals surface area contributed by atoms with E-state index in [2.05, 4.69) is 59.0 Å². The monoisotopic (exact) mass is 393 g/mol. The van der Waals surface area contributed by atoms with E-state index in [0.717, 1.165) is 43.3 Å². The fourth-order valence-electron chi connectivity index (χ4n) is 3.50. The molecule has 3 N–H and O–H groups in total. The molecule has 6 heteroatoms. The second-order valence-corrected chi connectivity index (χ2v) is 7.49. The second-order valence-electron chi connectivity index (χ2n) is 7.49. The summed E-state index contributed by atoms with van der Waals surface area (Å²) in [6.45, 7) is 9.07. The minimum absolute atomic E-state index is 0.0694. The molecule has 1 aliphatic heterocycles. The van der Waals surface area contributed by atoms with E-state index in [1.807, 2.05) is 24.3 Å². The number of hydrogen-bond donors (Lipinski definition) is 3. The summed E-state index contributed by atoms with van der Waals surface area (Å²) >= 11 is 0. The van der Waals surface area contributed by atoms with Crippen LogP contribution in [0.15, 0.2) is 53.5 Å². The third-order valence-corrected chi connectivity index (χ3v) is 4.94. The summed E-state index contributed by atoms with van der Waals surface area (Å²) in [6.07, 6.45) is 1.08. The van der Waals surface area contributed by atoms with Crippen molar-refractivity contribution in [3.8, 4) is 0 Å². The molecule has 1 fully saturated rings. The van der Waals surface area contributed by atoms with Gasteiger partial charge in [0, 0.05) is 44.0 Å². The maximum atomic E-state index is 11.3. The summed E-state index contributed by atoms with van der Waals surface area (Å²) in [7, 11) is 0. The number of carbonyl (C=O) groups excluding carboxylic acids is 1. The lowest BCUT2D eigenvalue weighted by molar-refractivity contribution is -0.114. The van der Waals surface area contributed by atoms with Crippen LogP contribution in [-0.4, -0.2) is 37.5 Å². The summed E-state index contributed by atoms with van der Waals surface area (Å²) in [5.41, 5.74) is 4.41. The summed E-state index contributed by atoms with van der Waals surface area (Å²) in [4.78, 5) is 18.4. The molecule has 0 saturated carbocycles. The summed E-state index contributed by atoms with van der Waals surface area (Å²) in [6, 6.07) is 16.9. The van der Waals surface area contributed by atoms with E-state index in [1.54, 1.807) is 0 Å². The first-order chi connectivity index (χ1) is 14.0. The SMILES string of the molecule is CCNC(=NCc1cccc(NC(C)=O)c1)NC1CCN(c2ccc(C)cc2)C1. The number of aliphatic imine (C=N–C) groups is 1. The molecule has 1 aliphatic rings. The van der Waals surface area contributed by atoms with E-state index in [-0.39, 0.29) is 5.91 Å². The molecule has 1 unspecified atom stereocenters. The van der Waals surface area contributed by atoms with Gasteiger partial charge in [0.15, 0.2) is 5.96 Å². The van der Waals surface area contributed by atoms with Crippen molar-refractivity contribution in [3.05, 3.63) is 59.7 Å². The molecule has 29 heavy (non-hydrogen) atoms. The van der Waals surface area contributed by atoms with Crippen LogP contribution in [0.4, 0.5) is 11.4 Å². The van der Waals surface area contributed by atoms with Crippen molar-refractivity contribution in [2.24, 2.45) is 4.99 Å². The number of rotatable bonds is 6. The van der Waals surface area contributed by atoms with E-state index in [9.17, 15) is 4.79 Å². The zero-order chi connectivity index (χ0) is 20.6. The Bertz CT molecular complexity index is 847. The molecule has 1 amide bonds. The van der Waals surface area contributed by atoms with E-state index in [0.29, 0.717) is 12.6 Å². The largest absolute Gasteiger partial charge is 0.369 e. The molecule has 0 aliphatic carbocycles. The standard InChI is InChI=1S/C23H31N5O/c1-4-24-23(25-15-19-6-5-7-20(14-19)26-18(3)29)27-21-12-13-28(16-21)22-10-8-17(2)9-11-22/h5-11,14,21H,4,12-13,15-16H2,1-3H3,(H,26,29)(H2,24,25,27). The van der Waals surface area contributed by atoms with Crippen LogP contribution in [0.25, 0.3) is 0 Å². The van der Waals surface area contributed by atoms with Gasteiger partial charge in [0.2, 0.25) is 5.91 Å². The van der Waals surface area contributed by atoms with Crippen molar-refractivity contribution >= 4 is 23.2 Å². The zero-order valence-electron chi connectivity index (χ0n) is 17.5. The number of guanidine groups is 1. The van der Waals surface area contributed by atoms with Crippen LogP contribution in [0.5, 0.6) is 0 Å². The van der Waals surface area contributed by atoms with Crippen LogP contribution in [0.2, 0.25) is 0 Å². The summed E-state index contributed by atoms with van der Waals surface area (Å²) < 4.78 is 0. The molecule has 6 nitrogen and oxygen atoms in total. The Morgan fingerprint density at radius 2 is 2.00 bits per heavy atom. The van der Waals surface area contributed by atoms with Crippen LogP contribution >= 0.6 is 0 Å². The van der Waals surface area contributed by atoms with Gasteiger partial charge in [-0.3, -0.25) is 4.79 Å². The third-order valence-electron chi connectivity index (χ3n) is 4.94. The molecule has 0 aromatic heterocycles. The highest BCUT2D eigenvalue weighted by Crippen LogP contribution is 2.20. The lowest BCUT2D eigenvalue weighted by Crippen LogP contribution is -2.44. The van der Waals surface area contributed by atoms with Crippen LogP contribution in [0.3, 0.4) is 0 Å². The fraction of sp³-hybridized carbons (Fsp3) is 0.391. The number of benzene rings is 2. The Kier molecular flexibility index (Phi) is 7.11. The molecule has 2 aromatic carbocycles.